The number of aromatic carboxylic acids is 1. The van der Waals surface area contributed by atoms with Gasteiger partial charge >= 0.3 is 12.1 Å². The monoisotopic (exact) mass is 519 g/mol. The van der Waals surface area contributed by atoms with Crippen LogP contribution >= 0.6 is 0 Å². The first-order valence-electron chi connectivity index (χ1n) is 11.9. The molecule has 1 fully saturated rings. The molecule has 1 amide bonds. The third-order valence-corrected chi connectivity index (χ3v) is 6.49. The van der Waals surface area contributed by atoms with Gasteiger partial charge in [-0.2, -0.15) is 0 Å². The number of aromatic nitrogens is 1. The van der Waals surface area contributed by atoms with Crippen molar-refractivity contribution in [2.45, 2.75) is 6.61 Å². The fourth-order valence-electron chi connectivity index (χ4n) is 4.48. The number of benzene rings is 3. The summed E-state index contributed by atoms with van der Waals surface area (Å²) < 4.78 is 35.6. The van der Waals surface area contributed by atoms with Gasteiger partial charge in [-0.1, -0.05) is 30.3 Å². The van der Waals surface area contributed by atoms with E-state index in [1.807, 2.05) is 30.3 Å². The summed E-state index contributed by atoms with van der Waals surface area (Å²) in [6, 6.07) is 17.1. The number of amides is 1. The molecule has 1 aliphatic heterocycles. The van der Waals surface area contributed by atoms with Gasteiger partial charge in [0, 0.05) is 43.4 Å². The predicted molar refractivity (Wildman–Crippen MR) is 137 cm³/mol. The van der Waals surface area contributed by atoms with Gasteiger partial charge in [0.1, 0.15) is 23.8 Å². The molecule has 3 aromatic carbocycles. The number of halogens is 2. The van der Waals surface area contributed by atoms with Gasteiger partial charge in [-0.15, -0.1) is 0 Å². The Hall–Kier alpha value is -4.73. The van der Waals surface area contributed by atoms with Crippen molar-refractivity contribution in [2.24, 2.45) is 0 Å². The molecule has 1 N–H and O–H groups in total. The molecule has 1 aromatic heterocycles. The number of carbonyl (C=O) groups excluding carboxylic acids is 1. The van der Waals surface area contributed by atoms with Crippen molar-refractivity contribution in [1.29, 1.82) is 0 Å². The average molecular weight is 520 g/mol. The Bertz CT molecular complexity index is 1560. The fourth-order valence-corrected chi connectivity index (χ4v) is 4.48. The average Bonchev–Trinajstić information content (AvgIpc) is 2.93. The molecule has 38 heavy (non-hydrogen) atoms. The van der Waals surface area contributed by atoms with Crippen LogP contribution in [0.2, 0.25) is 0 Å². The maximum Gasteiger partial charge on any atom is 0.410 e. The van der Waals surface area contributed by atoms with Gasteiger partial charge in [-0.3, -0.25) is 4.79 Å². The summed E-state index contributed by atoms with van der Waals surface area (Å²) in [6.45, 7) is 1.38. The van der Waals surface area contributed by atoms with Crippen LogP contribution in [-0.4, -0.2) is 52.8 Å². The van der Waals surface area contributed by atoms with E-state index in [1.54, 1.807) is 9.80 Å². The highest BCUT2D eigenvalue weighted by molar-refractivity contribution is 5.94. The molecular formula is C28H23F2N3O5. The summed E-state index contributed by atoms with van der Waals surface area (Å²) >= 11 is 0. The van der Waals surface area contributed by atoms with Gasteiger partial charge in [0.15, 0.2) is 0 Å². The third-order valence-electron chi connectivity index (χ3n) is 6.49. The van der Waals surface area contributed by atoms with E-state index in [0.29, 0.717) is 31.9 Å². The molecule has 0 bridgehead atoms. The van der Waals surface area contributed by atoms with Crippen LogP contribution in [0.4, 0.5) is 19.3 Å². The van der Waals surface area contributed by atoms with Gasteiger partial charge in [-0.25, -0.2) is 18.4 Å². The number of carbonyl (C=O) groups is 2. The Morgan fingerprint density at radius 2 is 1.61 bits per heavy atom. The Labute approximate surface area is 215 Å². The highest BCUT2D eigenvalue weighted by atomic mass is 19.1. The van der Waals surface area contributed by atoms with E-state index in [0.717, 1.165) is 17.8 Å². The van der Waals surface area contributed by atoms with E-state index in [-0.39, 0.29) is 23.2 Å². The summed E-state index contributed by atoms with van der Waals surface area (Å²) in [5.74, 6) is -2.63. The van der Waals surface area contributed by atoms with Crippen LogP contribution in [-0.2, 0) is 11.3 Å². The van der Waals surface area contributed by atoms with Crippen molar-refractivity contribution in [3.63, 3.8) is 0 Å². The highest BCUT2D eigenvalue weighted by Gasteiger charge is 2.25. The van der Waals surface area contributed by atoms with Crippen LogP contribution in [0, 0.1) is 11.6 Å². The molecule has 1 saturated heterocycles. The molecule has 8 nitrogen and oxygen atoms in total. The van der Waals surface area contributed by atoms with Crippen molar-refractivity contribution < 1.29 is 28.2 Å². The number of hydrogen-bond donors (Lipinski definition) is 1. The smallest absolute Gasteiger partial charge is 0.410 e. The second-order valence-corrected chi connectivity index (χ2v) is 8.86. The molecular weight excluding hydrogens is 496 g/mol. The number of fused-ring (bicyclic) bond motifs is 1. The lowest BCUT2D eigenvalue weighted by Crippen LogP contribution is -2.49. The fraction of sp³-hybridized carbons (Fsp3) is 0.179. The second kappa shape index (κ2) is 10.3. The van der Waals surface area contributed by atoms with Crippen LogP contribution in [0.1, 0.15) is 15.9 Å². The standard InChI is InChI=1S/C28H23F2N3O5/c29-19-6-8-20(9-7-19)33-16-22(27(35)36)26(34)21-14-23(30)25(15-24(21)33)31-10-12-32(13-11-31)28(37)38-17-18-4-2-1-3-5-18/h1-9,14-16H,10-13,17H2,(H,35,36). The van der Waals surface area contributed by atoms with Crippen molar-refractivity contribution in [1.82, 2.24) is 9.47 Å². The Balaban J connectivity index is 1.42. The van der Waals surface area contributed by atoms with Gasteiger partial charge in [0.2, 0.25) is 5.43 Å². The van der Waals surface area contributed by atoms with E-state index >= 15 is 4.39 Å². The summed E-state index contributed by atoms with van der Waals surface area (Å²) in [4.78, 5) is 40.3. The highest BCUT2D eigenvalue weighted by Crippen LogP contribution is 2.28. The number of nitrogens with zero attached hydrogens (tertiary/aromatic N) is 3. The lowest BCUT2D eigenvalue weighted by atomic mass is 10.1. The maximum atomic E-state index is 15.3. The molecule has 0 unspecified atom stereocenters. The molecule has 0 atom stereocenters. The van der Waals surface area contributed by atoms with Crippen LogP contribution in [0.15, 0.2) is 77.7 Å². The first-order valence-corrected chi connectivity index (χ1v) is 11.9. The summed E-state index contributed by atoms with van der Waals surface area (Å²) in [7, 11) is 0. The second-order valence-electron chi connectivity index (χ2n) is 8.86. The van der Waals surface area contributed by atoms with Crippen molar-refractivity contribution >= 4 is 28.7 Å². The molecule has 0 saturated carbocycles. The third kappa shape index (κ3) is 4.93. The van der Waals surface area contributed by atoms with Crippen LogP contribution in [0.5, 0.6) is 0 Å². The largest absolute Gasteiger partial charge is 0.477 e. The Kier molecular flexibility index (Phi) is 6.78. The maximum absolute atomic E-state index is 15.3. The molecule has 4 aromatic rings. The van der Waals surface area contributed by atoms with Crippen LogP contribution in [0.25, 0.3) is 16.6 Å². The molecule has 194 valence electrons. The zero-order chi connectivity index (χ0) is 26.8. The van der Waals surface area contributed by atoms with E-state index < -0.39 is 34.7 Å². The topological polar surface area (TPSA) is 92.1 Å². The van der Waals surface area contributed by atoms with Crippen molar-refractivity contribution in [3.05, 3.63) is 106 Å². The Morgan fingerprint density at radius 1 is 0.921 bits per heavy atom. The van der Waals surface area contributed by atoms with E-state index in [4.69, 9.17) is 4.74 Å². The summed E-state index contributed by atoms with van der Waals surface area (Å²) in [5, 5.41) is 9.41. The number of piperazine rings is 1. The number of carboxylic acids is 1. The predicted octanol–water partition coefficient (Wildman–Crippen LogP) is 4.43. The van der Waals surface area contributed by atoms with E-state index in [9.17, 15) is 23.9 Å². The van der Waals surface area contributed by atoms with Gasteiger partial charge < -0.3 is 24.2 Å². The quantitative estimate of drug-likeness (QED) is 0.420. The number of pyridine rings is 1. The van der Waals surface area contributed by atoms with E-state index in [2.05, 4.69) is 0 Å². The van der Waals surface area contributed by atoms with Crippen molar-refractivity contribution in [2.75, 3.05) is 31.1 Å². The normalized spacial score (nSPS) is 13.5. The molecule has 2 heterocycles. The lowest BCUT2D eigenvalue weighted by Gasteiger charge is -2.35. The van der Waals surface area contributed by atoms with E-state index in [1.165, 1.54) is 34.9 Å². The summed E-state index contributed by atoms with van der Waals surface area (Å²) in [5.41, 5.74) is 0.401. The minimum Gasteiger partial charge on any atom is -0.477 e. The minimum absolute atomic E-state index is 0.112. The number of anilines is 1. The number of carboxylic acid groups (broad SMARTS) is 1. The SMILES string of the molecule is O=C(O)c1cn(-c2ccc(F)cc2)c2cc(N3CCN(C(=O)OCc4ccccc4)CC3)c(F)cc2c1=O. The first-order chi connectivity index (χ1) is 18.3. The molecule has 0 radical (unpaired) electrons. The molecule has 5 rings (SSSR count). The molecule has 1 aliphatic rings. The molecule has 10 heteroatoms. The number of hydrogen-bond acceptors (Lipinski definition) is 5. The number of ether oxygens (including phenoxy) is 1. The van der Waals surface area contributed by atoms with Gasteiger partial charge in [0.05, 0.1) is 11.2 Å². The van der Waals surface area contributed by atoms with Crippen molar-refractivity contribution in [3.8, 4) is 5.69 Å². The minimum atomic E-state index is -1.45. The van der Waals surface area contributed by atoms with Crippen LogP contribution in [0.3, 0.4) is 0 Å². The zero-order valence-corrected chi connectivity index (χ0v) is 20.1. The molecule has 0 aliphatic carbocycles. The lowest BCUT2D eigenvalue weighted by molar-refractivity contribution is 0.0694. The first kappa shape index (κ1) is 24.9. The zero-order valence-electron chi connectivity index (χ0n) is 20.1. The Morgan fingerprint density at radius 3 is 2.26 bits per heavy atom. The van der Waals surface area contributed by atoms with Crippen LogP contribution < -0.4 is 10.3 Å². The molecule has 0 spiro atoms. The van der Waals surface area contributed by atoms with Gasteiger partial charge in [-0.05, 0) is 42.0 Å². The summed E-state index contributed by atoms with van der Waals surface area (Å²) in [6.07, 6.45) is 0.696. The van der Waals surface area contributed by atoms with Gasteiger partial charge in [0.25, 0.3) is 0 Å². The number of rotatable bonds is 5.